The Morgan fingerprint density at radius 3 is 0.776 bits per heavy atom. The van der Waals surface area contributed by atoms with Gasteiger partial charge in [-0.05, 0) is 59.3 Å². The first-order valence-corrected chi connectivity index (χ1v) is 19.2. The van der Waals surface area contributed by atoms with Crippen molar-refractivity contribution in [1.82, 2.24) is 0 Å². The van der Waals surface area contributed by atoms with Crippen LogP contribution in [0.2, 0.25) is 0 Å². The van der Waals surface area contributed by atoms with Gasteiger partial charge in [-0.3, -0.25) is 14.4 Å². The van der Waals surface area contributed by atoms with Crippen molar-refractivity contribution in [2.24, 2.45) is 0 Å². The normalized spacial score (nSPS) is 11.0. The molecule has 0 aliphatic heterocycles. The van der Waals surface area contributed by atoms with E-state index in [2.05, 4.69) is 47.8 Å². The highest BCUT2D eigenvalue weighted by Crippen LogP contribution is 2.13. The molecule has 49 heavy (non-hydrogen) atoms. The molecule has 0 amide bonds. The highest BCUT2D eigenvalue weighted by Gasteiger charge is 2.11. The Hall–Kier alpha value is 0.330. The van der Waals surface area contributed by atoms with Crippen LogP contribution >= 0.6 is 47.8 Å². The standard InChI is InChI=1S/C13H25BrO2.C11H21BrO2.C9H17BrO2.7CH4/c1-12(15)11-13(16-2)9-7-5-3-4-6-8-10-14;1-10(13)9-11(14-2)7-5-3-4-6-8-12;1-8(11)7-9(12-2)5-3-4-6-10;;;;;;;/h13H,3-11H2,1-2H3;11H,3-9H2,1-2H3;9H,3-7H2,1-2H3;7*1H4. The summed E-state index contributed by atoms with van der Waals surface area (Å²) < 4.78 is 15.7. The summed E-state index contributed by atoms with van der Waals surface area (Å²) in [6.45, 7) is 4.86. The minimum atomic E-state index is 0. The molecule has 308 valence electrons. The van der Waals surface area contributed by atoms with Gasteiger partial charge in [-0.1, -0.05) is 158 Å². The molecule has 0 radical (unpaired) electrons. The third-order valence-electron chi connectivity index (χ3n) is 6.77. The fourth-order valence-electron chi connectivity index (χ4n) is 4.33. The number of unbranched alkanes of at least 4 members (excludes halogenated alkanes) is 9. The van der Waals surface area contributed by atoms with Gasteiger partial charge in [0.1, 0.15) is 17.3 Å². The van der Waals surface area contributed by atoms with Crippen molar-refractivity contribution in [3.63, 3.8) is 0 Å². The first-order chi connectivity index (χ1) is 20.1. The number of methoxy groups -OCH3 is 3. The molecule has 0 aromatic rings. The minimum absolute atomic E-state index is 0. The Bertz CT molecular complexity index is 609. The summed E-state index contributed by atoms with van der Waals surface area (Å²) >= 11 is 10.2. The Morgan fingerprint density at radius 1 is 0.388 bits per heavy atom. The highest BCUT2D eigenvalue weighted by molar-refractivity contribution is 9.09. The number of ketones is 3. The van der Waals surface area contributed by atoms with Gasteiger partial charge in [-0.2, -0.15) is 0 Å². The number of hydrogen-bond acceptors (Lipinski definition) is 6. The summed E-state index contributed by atoms with van der Waals surface area (Å²) in [5.41, 5.74) is 0. The average molecular weight is 908 g/mol. The van der Waals surface area contributed by atoms with Gasteiger partial charge in [0, 0.05) is 56.6 Å². The van der Waals surface area contributed by atoms with E-state index in [-0.39, 0.29) is 87.6 Å². The summed E-state index contributed by atoms with van der Waals surface area (Å²) in [4.78, 5) is 32.6. The van der Waals surface area contributed by atoms with Crippen LogP contribution in [0.15, 0.2) is 0 Å². The van der Waals surface area contributed by atoms with Gasteiger partial charge >= 0.3 is 0 Å². The fraction of sp³-hybridized carbons (Fsp3) is 0.925. The van der Waals surface area contributed by atoms with E-state index in [9.17, 15) is 14.4 Å². The predicted molar refractivity (Wildman–Crippen MR) is 236 cm³/mol. The van der Waals surface area contributed by atoms with E-state index in [1.54, 1.807) is 42.1 Å². The van der Waals surface area contributed by atoms with Crippen molar-refractivity contribution in [3.05, 3.63) is 0 Å². The van der Waals surface area contributed by atoms with Crippen LogP contribution in [0.5, 0.6) is 0 Å². The van der Waals surface area contributed by atoms with Crippen molar-refractivity contribution >= 4 is 65.1 Å². The zero-order valence-corrected chi connectivity index (χ0v) is 32.4. The zero-order valence-electron chi connectivity index (χ0n) is 27.7. The number of Topliss-reactive ketones (excluding diaryl/α,β-unsaturated/α-hetero) is 3. The van der Waals surface area contributed by atoms with Crippen LogP contribution in [0, 0.1) is 0 Å². The van der Waals surface area contributed by atoms with Crippen LogP contribution in [0.3, 0.4) is 0 Å². The molecule has 0 saturated heterocycles. The largest absolute Gasteiger partial charge is 0.381 e. The van der Waals surface area contributed by atoms with E-state index in [1.165, 1.54) is 64.2 Å². The number of carbonyl (C=O) groups is 3. The predicted octanol–water partition coefficient (Wildman–Crippen LogP) is 14.4. The number of carbonyl (C=O) groups excluding carboxylic acids is 3. The van der Waals surface area contributed by atoms with Crippen LogP contribution in [0.1, 0.15) is 188 Å². The van der Waals surface area contributed by atoms with Gasteiger partial charge in [0.05, 0.1) is 18.3 Å². The maximum atomic E-state index is 10.9. The molecule has 0 fully saturated rings. The summed E-state index contributed by atoms with van der Waals surface area (Å²) in [7, 11) is 5.05. The second kappa shape index (κ2) is 60.4. The maximum Gasteiger partial charge on any atom is 0.132 e. The third kappa shape index (κ3) is 67.1. The first kappa shape index (κ1) is 74.5. The molecule has 0 aliphatic carbocycles. The van der Waals surface area contributed by atoms with E-state index in [0.717, 1.165) is 48.1 Å². The van der Waals surface area contributed by atoms with Gasteiger partial charge in [-0.15, -0.1) is 0 Å². The molecule has 3 unspecified atom stereocenters. The molecular formula is C40H91Br3O6. The van der Waals surface area contributed by atoms with Gasteiger partial charge in [0.2, 0.25) is 0 Å². The lowest BCUT2D eigenvalue weighted by molar-refractivity contribution is -0.120. The number of hydrogen-bond donors (Lipinski definition) is 0. The lowest BCUT2D eigenvalue weighted by atomic mass is 10.0. The molecule has 0 heterocycles. The monoisotopic (exact) mass is 904 g/mol. The summed E-state index contributed by atoms with van der Waals surface area (Å²) in [5.74, 6) is 0.655. The minimum Gasteiger partial charge on any atom is -0.381 e. The Balaban J connectivity index is -0.0000000548. The molecular weight excluding hydrogens is 816 g/mol. The van der Waals surface area contributed by atoms with Crippen molar-refractivity contribution in [1.29, 1.82) is 0 Å². The Morgan fingerprint density at radius 2 is 0.571 bits per heavy atom. The molecule has 0 aliphatic rings. The summed E-state index contributed by atoms with van der Waals surface area (Å²) in [6, 6.07) is 0. The Labute approximate surface area is 335 Å². The summed E-state index contributed by atoms with van der Waals surface area (Å²) in [5, 5.41) is 3.25. The third-order valence-corrected chi connectivity index (χ3v) is 8.46. The molecule has 0 bridgehead atoms. The number of alkyl halides is 3. The van der Waals surface area contributed by atoms with Crippen LogP contribution in [0.25, 0.3) is 0 Å². The van der Waals surface area contributed by atoms with E-state index < -0.39 is 0 Å². The topological polar surface area (TPSA) is 78.9 Å². The zero-order chi connectivity index (χ0) is 32.4. The molecule has 0 aromatic carbocycles. The second-order valence-corrected chi connectivity index (χ2v) is 13.3. The first-order valence-electron chi connectivity index (χ1n) is 15.9. The van der Waals surface area contributed by atoms with E-state index >= 15 is 0 Å². The van der Waals surface area contributed by atoms with Crippen LogP contribution < -0.4 is 0 Å². The fourth-order valence-corrected chi connectivity index (χ4v) is 5.52. The van der Waals surface area contributed by atoms with Gasteiger partial charge in [0.15, 0.2) is 0 Å². The molecule has 0 saturated carbocycles. The summed E-state index contributed by atoms with van der Waals surface area (Å²) in [6.07, 6.45) is 20.0. The van der Waals surface area contributed by atoms with Crippen molar-refractivity contribution in [3.8, 4) is 0 Å². The smallest absolute Gasteiger partial charge is 0.132 e. The quantitative estimate of drug-likeness (QED) is 0.0603. The number of rotatable bonds is 27. The second-order valence-electron chi connectivity index (χ2n) is 11.0. The van der Waals surface area contributed by atoms with Crippen LogP contribution in [-0.4, -0.2) is 73.0 Å². The van der Waals surface area contributed by atoms with Crippen LogP contribution in [0.4, 0.5) is 0 Å². The number of halogens is 3. The molecule has 3 atom stereocenters. The van der Waals surface area contributed by atoms with Crippen molar-refractivity contribution in [2.45, 2.75) is 207 Å². The van der Waals surface area contributed by atoms with Gasteiger partial charge in [-0.25, -0.2) is 0 Å². The molecule has 0 aromatic heterocycles. The molecule has 0 spiro atoms. The van der Waals surface area contributed by atoms with Crippen molar-refractivity contribution < 1.29 is 28.6 Å². The molecule has 9 heteroatoms. The lowest BCUT2D eigenvalue weighted by Gasteiger charge is -2.13. The van der Waals surface area contributed by atoms with E-state index in [4.69, 9.17) is 14.2 Å². The van der Waals surface area contributed by atoms with E-state index in [0.29, 0.717) is 19.3 Å². The van der Waals surface area contributed by atoms with Gasteiger partial charge in [0.25, 0.3) is 0 Å². The Kier molecular flexibility index (Phi) is 91.9. The SMILES string of the molecule is C.C.C.C.C.C.C.COC(CCCCBr)CC(C)=O.COC(CCCCCCBr)CC(C)=O.COC(CCCCCCCCBr)CC(C)=O. The van der Waals surface area contributed by atoms with E-state index in [1.807, 2.05) is 0 Å². The highest BCUT2D eigenvalue weighted by atomic mass is 79.9. The average Bonchev–Trinajstić information content (AvgIpc) is 2.95. The van der Waals surface area contributed by atoms with Crippen LogP contribution in [-0.2, 0) is 28.6 Å². The molecule has 0 rings (SSSR count). The lowest BCUT2D eigenvalue weighted by Crippen LogP contribution is -2.14. The number of ether oxygens (including phenoxy) is 3. The molecule has 6 nitrogen and oxygen atoms in total. The maximum absolute atomic E-state index is 10.9. The molecule has 0 N–H and O–H groups in total. The van der Waals surface area contributed by atoms with Gasteiger partial charge < -0.3 is 14.2 Å². The van der Waals surface area contributed by atoms with Crippen molar-refractivity contribution in [2.75, 3.05) is 37.3 Å².